The minimum atomic E-state index is -0.587. The Bertz CT molecular complexity index is 635. The third-order valence-electron chi connectivity index (χ3n) is 4.19. The first-order valence-electron chi connectivity index (χ1n) is 7.45. The van der Waals surface area contributed by atoms with E-state index in [1.165, 1.54) is 0 Å². The Morgan fingerprint density at radius 1 is 1.32 bits per heavy atom. The van der Waals surface area contributed by atoms with E-state index in [4.69, 9.17) is 0 Å². The number of aromatic nitrogens is 2. The zero-order valence-electron chi connectivity index (χ0n) is 12.3. The molecule has 0 saturated carbocycles. The molecule has 2 N–H and O–H groups in total. The molecule has 0 unspecified atom stereocenters. The summed E-state index contributed by atoms with van der Waals surface area (Å²) in [4.78, 5) is 12.9. The SMILES string of the molecule is O=C(NCc1ccccc1Br)C1(n2cccn2)CCNCC1. The predicted octanol–water partition coefficient (Wildman–Crippen LogP) is 2.04. The smallest absolute Gasteiger partial charge is 0.248 e. The number of nitrogens with zero attached hydrogens (tertiary/aromatic N) is 2. The lowest BCUT2D eigenvalue weighted by Gasteiger charge is -2.36. The van der Waals surface area contributed by atoms with Crippen LogP contribution in [-0.2, 0) is 16.9 Å². The van der Waals surface area contributed by atoms with E-state index in [9.17, 15) is 4.79 Å². The molecule has 3 rings (SSSR count). The number of nitrogens with one attached hydrogen (secondary N) is 2. The molecule has 6 heteroatoms. The van der Waals surface area contributed by atoms with Crippen molar-refractivity contribution >= 4 is 21.8 Å². The fourth-order valence-corrected chi connectivity index (χ4v) is 3.33. The maximum Gasteiger partial charge on any atom is 0.248 e. The largest absolute Gasteiger partial charge is 0.350 e. The van der Waals surface area contributed by atoms with E-state index >= 15 is 0 Å². The normalized spacial score (nSPS) is 17.1. The van der Waals surface area contributed by atoms with Crippen molar-refractivity contribution in [2.45, 2.75) is 24.9 Å². The summed E-state index contributed by atoms with van der Waals surface area (Å²) < 4.78 is 2.82. The second-order valence-corrected chi connectivity index (χ2v) is 6.36. The summed E-state index contributed by atoms with van der Waals surface area (Å²) in [5.41, 5.74) is 0.483. The molecule has 2 aromatic rings. The van der Waals surface area contributed by atoms with Crippen molar-refractivity contribution in [2.75, 3.05) is 13.1 Å². The van der Waals surface area contributed by atoms with Gasteiger partial charge in [-0.15, -0.1) is 0 Å². The van der Waals surface area contributed by atoms with E-state index in [1.807, 2.05) is 41.2 Å². The highest BCUT2D eigenvalue weighted by atomic mass is 79.9. The number of halogens is 1. The lowest BCUT2D eigenvalue weighted by molar-refractivity contribution is -0.132. The van der Waals surface area contributed by atoms with Gasteiger partial charge >= 0.3 is 0 Å². The van der Waals surface area contributed by atoms with Gasteiger partial charge in [0.25, 0.3) is 0 Å². The molecule has 5 nitrogen and oxygen atoms in total. The van der Waals surface area contributed by atoms with Gasteiger partial charge in [0.15, 0.2) is 0 Å². The second-order valence-electron chi connectivity index (χ2n) is 5.51. The fraction of sp³-hybridized carbons (Fsp3) is 0.375. The molecule has 22 heavy (non-hydrogen) atoms. The number of amides is 1. The number of carbonyl (C=O) groups is 1. The van der Waals surface area contributed by atoms with Gasteiger partial charge in [-0.2, -0.15) is 5.10 Å². The van der Waals surface area contributed by atoms with Crippen molar-refractivity contribution in [3.05, 3.63) is 52.8 Å². The Balaban J connectivity index is 1.77. The summed E-state index contributed by atoms with van der Waals surface area (Å²) in [6.07, 6.45) is 5.10. The molecule has 1 aliphatic heterocycles. The number of rotatable bonds is 4. The number of piperidine rings is 1. The maximum atomic E-state index is 12.9. The molecule has 0 atom stereocenters. The van der Waals surface area contributed by atoms with Gasteiger partial charge in [-0.1, -0.05) is 34.1 Å². The molecule has 116 valence electrons. The Morgan fingerprint density at radius 2 is 2.09 bits per heavy atom. The summed E-state index contributed by atoms with van der Waals surface area (Å²) in [7, 11) is 0. The highest BCUT2D eigenvalue weighted by Crippen LogP contribution is 2.27. The van der Waals surface area contributed by atoms with E-state index in [1.54, 1.807) is 6.20 Å². The first kappa shape index (κ1) is 15.2. The zero-order valence-corrected chi connectivity index (χ0v) is 13.8. The minimum Gasteiger partial charge on any atom is -0.350 e. The zero-order chi connectivity index (χ0) is 15.4. The quantitative estimate of drug-likeness (QED) is 0.874. The van der Waals surface area contributed by atoms with Gasteiger partial charge < -0.3 is 10.6 Å². The lowest BCUT2D eigenvalue weighted by atomic mass is 9.87. The van der Waals surface area contributed by atoms with Crippen molar-refractivity contribution < 1.29 is 4.79 Å². The molecular formula is C16H19BrN4O. The topological polar surface area (TPSA) is 59.0 Å². The van der Waals surface area contributed by atoms with Crippen LogP contribution < -0.4 is 10.6 Å². The van der Waals surface area contributed by atoms with Crippen LogP contribution in [0.15, 0.2) is 47.2 Å². The van der Waals surface area contributed by atoms with Crippen molar-refractivity contribution in [2.24, 2.45) is 0 Å². The molecule has 1 aromatic carbocycles. The van der Waals surface area contributed by atoms with Crippen molar-refractivity contribution in [1.29, 1.82) is 0 Å². The van der Waals surface area contributed by atoms with Gasteiger partial charge in [0, 0.05) is 23.4 Å². The van der Waals surface area contributed by atoms with Crippen LogP contribution in [0.5, 0.6) is 0 Å². The standard InChI is InChI=1S/C16H19BrN4O/c17-14-5-2-1-4-13(14)12-19-15(22)16(6-9-18-10-7-16)21-11-3-8-20-21/h1-5,8,11,18H,6-7,9-10,12H2,(H,19,22). The molecule has 2 heterocycles. The van der Waals surface area contributed by atoms with Gasteiger partial charge in [-0.05, 0) is 43.6 Å². The molecule has 1 aromatic heterocycles. The third kappa shape index (κ3) is 2.94. The van der Waals surface area contributed by atoms with Gasteiger partial charge in [0.1, 0.15) is 5.54 Å². The average Bonchev–Trinajstić information content (AvgIpc) is 3.09. The molecule has 0 spiro atoms. The Hall–Kier alpha value is -1.66. The Morgan fingerprint density at radius 3 is 2.77 bits per heavy atom. The van der Waals surface area contributed by atoms with Crippen molar-refractivity contribution in [3.8, 4) is 0 Å². The van der Waals surface area contributed by atoms with Crippen molar-refractivity contribution in [1.82, 2.24) is 20.4 Å². The van der Waals surface area contributed by atoms with Crippen LogP contribution in [0.3, 0.4) is 0 Å². The summed E-state index contributed by atoms with van der Waals surface area (Å²) in [5.74, 6) is 0.0356. The molecule has 1 saturated heterocycles. The highest BCUT2D eigenvalue weighted by Gasteiger charge is 2.41. The van der Waals surface area contributed by atoms with Gasteiger partial charge in [-0.3, -0.25) is 9.48 Å². The van der Waals surface area contributed by atoms with Crippen LogP contribution in [0.4, 0.5) is 0 Å². The van der Waals surface area contributed by atoms with E-state index in [2.05, 4.69) is 31.7 Å². The van der Waals surface area contributed by atoms with E-state index < -0.39 is 5.54 Å². The minimum absolute atomic E-state index is 0.0356. The molecule has 0 aliphatic carbocycles. The van der Waals surface area contributed by atoms with E-state index in [-0.39, 0.29) is 5.91 Å². The Kier molecular flexibility index (Phi) is 4.59. The number of hydrogen-bond acceptors (Lipinski definition) is 3. The molecule has 1 fully saturated rings. The summed E-state index contributed by atoms with van der Waals surface area (Å²) in [5, 5.41) is 10.7. The second kappa shape index (κ2) is 6.62. The average molecular weight is 363 g/mol. The monoisotopic (exact) mass is 362 g/mol. The van der Waals surface area contributed by atoms with Gasteiger partial charge in [0.2, 0.25) is 5.91 Å². The number of carbonyl (C=O) groups excluding carboxylic acids is 1. The third-order valence-corrected chi connectivity index (χ3v) is 4.97. The lowest BCUT2D eigenvalue weighted by Crippen LogP contribution is -2.54. The van der Waals surface area contributed by atoms with Crippen LogP contribution >= 0.6 is 15.9 Å². The van der Waals surface area contributed by atoms with Crippen LogP contribution in [-0.4, -0.2) is 28.8 Å². The number of benzene rings is 1. The van der Waals surface area contributed by atoms with E-state index in [0.717, 1.165) is 36.0 Å². The van der Waals surface area contributed by atoms with Crippen LogP contribution in [0, 0.1) is 0 Å². The summed E-state index contributed by atoms with van der Waals surface area (Å²) >= 11 is 3.52. The predicted molar refractivity (Wildman–Crippen MR) is 88.3 cm³/mol. The summed E-state index contributed by atoms with van der Waals surface area (Å²) in [6, 6.07) is 9.79. The van der Waals surface area contributed by atoms with Crippen LogP contribution in [0.1, 0.15) is 18.4 Å². The maximum absolute atomic E-state index is 12.9. The van der Waals surface area contributed by atoms with Gasteiger partial charge in [0.05, 0.1) is 0 Å². The Labute approximate surface area is 138 Å². The molecule has 0 bridgehead atoms. The van der Waals surface area contributed by atoms with Crippen LogP contribution in [0.25, 0.3) is 0 Å². The molecular weight excluding hydrogens is 344 g/mol. The first-order chi connectivity index (χ1) is 10.7. The molecule has 1 aliphatic rings. The van der Waals surface area contributed by atoms with E-state index in [0.29, 0.717) is 6.54 Å². The summed E-state index contributed by atoms with van der Waals surface area (Å²) in [6.45, 7) is 2.15. The fourth-order valence-electron chi connectivity index (χ4n) is 2.90. The van der Waals surface area contributed by atoms with Crippen LogP contribution in [0.2, 0.25) is 0 Å². The molecule has 1 amide bonds. The van der Waals surface area contributed by atoms with Crippen molar-refractivity contribution in [3.63, 3.8) is 0 Å². The van der Waals surface area contributed by atoms with Gasteiger partial charge in [-0.25, -0.2) is 0 Å². The number of hydrogen-bond donors (Lipinski definition) is 2. The highest BCUT2D eigenvalue weighted by molar-refractivity contribution is 9.10. The molecule has 0 radical (unpaired) electrons. The first-order valence-corrected chi connectivity index (χ1v) is 8.24.